The topological polar surface area (TPSA) is 51.8 Å². The number of aromatic nitrogens is 3. The maximum absolute atomic E-state index is 6.75. The summed E-state index contributed by atoms with van der Waals surface area (Å²) in [7, 11) is 0. The zero-order chi connectivity index (χ0) is 32.6. The van der Waals surface area contributed by atoms with Crippen LogP contribution in [0.1, 0.15) is 0 Å². The van der Waals surface area contributed by atoms with E-state index < -0.39 is 0 Å². The molecule has 0 aliphatic carbocycles. The molecule has 0 saturated heterocycles. The van der Waals surface area contributed by atoms with E-state index in [2.05, 4.69) is 103 Å². The van der Waals surface area contributed by atoms with Gasteiger partial charge in [-0.05, 0) is 52.1 Å². The Bertz CT molecular complexity index is 2520. The van der Waals surface area contributed by atoms with E-state index in [0.717, 1.165) is 66.4 Å². The summed E-state index contributed by atoms with van der Waals surface area (Å²) in [6, 6.07) is 60.4. The van der Waals surface area contributed by atoms with E-state index in [1.54, 1.807) is 0 Å². The molecule has 0 aliphatic rings. The minimum Gasteiger partial charge on any atom is -0.455 e. The van der Waals surface area contributed by atoms with Crippen LogP contribution in [0.5, 0.6) is 0 Å². The Morgan fingerprint density at radius 1 is 0.306 bits per heavy atom. The van der Waals surface area contributed by atoms with Crippen LogP contribution in [0, 0.1) is 0 Å². The van der Waals surface area contributed by atoms with Crippen molar-refractivity contribution in [3.8, 4) is 67.5 Å². The molecular weight excluding hydrogens is 599 g/mol. The van der Waals surface area contributed by atoms with Crippen LogP contribution in [0.4, 0.5) is 0 Å². The summed E-state index contributed by atoms with van der Waals surface area (Å²) in [6.07, 6.45) is 0. The molecular formula is C45H29N3O. The number of nitrogens with zero attached hydrogens (tertiary/aromatic N) is 3. The lowest BCUT2D eigenvalue weighted by atomic mass is 9.95. The van der Waals surface area contributed by atoms with Crippen molar-refractivity contribution < 1.29 is 4.42 Å². The quantitative estimate of drug-likeness (QED) is 0.184. The second-order valence-corrected chi connectivity index (χ2v) is 12.0. The molecule has 0 bridgehead atoms. The molecule has 9 rings (SSSR count). The molecule has 2 heterocycles. The Balaban J connectivity index is 1.22. The van der Waals surface area contributed by atoms with Gasteiger partial charge in [-0.3, -0.25) is 0 Å². The normalized spacial score (nSPS) is 11.3. The first-order chi connectivity index (χ1) is 24.3. The lowest BCUT2D eigenvalue weighted by molar-refractivity contribution is 0.670. The molecule has 230 valence electrons. The van der Waals surface area contributed by atoms with Gasteiger partial charge in [-0.2, -0.15) is 0 Å². The molecule has 7 aromatic carbocycles. The lowest BCUT2D eigenvalue weighted by Gasteiger charge is -2.12. The summed E-state index contributed by atoms with van der Waals surface area (Å²) < 4.78 is 6.75. The third-order valence-electron chi connectivity index (χ3n) is 8.94. The van der Waals surface area contributed by atoms with Gasteiger partial charge in [0.1, 0.15) is 11.2 Å². The van der Waals surface area contributed by atoms with Crippen molar-refractivity contribution in [3.05, 3.63) is 176 Å². The van der Waals surface area contributed by atoms with Gasteiger partial charge < -0.3 is 4.42 Å². The highest BCUT2D eigenvalue weighted by Crippen LogP contribution is 2.41. The van der Waals surface area contributed by atoms with Crippen molar-refractivity contribution in [2.75, 3.05) is 0 Å². The molecule has 0 radical (unpaired) electrons. The predicted molar refractivity (Wildman–Crippen MR) is 200 cm³/mol. The molecule has 0 unspecified atom stereocenters. The molecule has 0 fully saturated rings. The number of hydrogen-bond acceptors (Lipinski definition) is 4. The highest BCUT2D eigenvalue weighted by Gasteiger charge is 2.19. The summed E-state index contributed by atoms with van der Waals surface area (Å²) in [4.78, 5) is 14.9. The highest BCUT2D eigenvalue weighted by molar-refractivity contribution is 6.12. The van der Waals surface area contributed by atoms with Gasteiger partial charge >= 0.3 is 0 Å². The molecule has 49 heavy (non-hydrogen) atoms. The van der Waals surface area contributed by atoms with E-state index in [9.17, 15) is 0 Å². The summed E-state index contributed by atoms with van der Waals surface area (Å²) in [5.41, 5.74) is 11.1. The Labute approximate surface area is 284 Å². The van der Waals surface area contributed by atoms with Crippen LogP contribution in [0.3, 0.4) is 0 Å². The van der Waals surface area contributed by atoms with Crippen LogP contribution in [0.2, 0.25) is 0 Å². The van der Waals surface area contributed by atoms with Gasteiger partial charge in [-0.25, -0.2) is 15.0 Å². The fourth-order valence-electron chi connectivity index (χ4n) is 6.53. The van der Waals surface area contributed by atoms with Crippen LogP contribution < -0.4 is 0 Å². The number of fused-ring (bicyclic) bond motifs is 3. The molecule has 4 heteroatoms. The maximum Gasteiger partial charge on any atom is 0.164 e. The Morgan fingerprint density at radius 2 is 0.816 bits per heavy atom. The lowest BCUT2D eigenvalue weighted by Crippen LogP contribution is -2.01. The molecule has 0 atom stereocenters. The molecule has 0 amide bonds. The van der Waals surface area contributed by atoms with Crippen molar-refractivity contribution in [1.29, 1.82) is 0 Å². The number of furan rings is 1. The Kier molecular flexibility index (Phi) is 7.10. The van der Waals surface area contributed by atoms with E-state index >= 15 is 0 Å². The number of rotatable bonds is 6. The third kappa shape index (κ3) is 5.35. The average molecular weight is 628 g/mol. The Hall–Kier alpha value is -6.65. The minimum atomic E-state index is 0.617. The van der Waals surface area contributed by atoms with E-state index in [1.165, 1.54) is 5.56 Å². The first kappa shape index (κ1) is 28.6. The van der Waals surface area contributed by atoms with Crippen LogP contribution in [0.15, 0.2) is 180 Å². The van der Waals surface area contributed by atoms with Crippen LogP contribution in [-0.2, 0) is 0 Å². The predicted octanol–water partition coefficient (Wildman–Crippen LogP) is 11.8. The van der Waals surface area contributed by atoms with E-state index in [0.29, 0.717) is 17.5 Å². The van der Waals surface area contributed by atoms with Gasteiger partial charge in [0.25, 0.3) is 0 Å². The standard InChI is InChI=1S/C45H29N3O/c1-5-15-30(16-6-1)35-27-39(31-17-7-2-8-18-31)42-40(28-35)37-26-25-34(29-41(37)49-42)36-23-13-14-24-38(36)45-47-43(32-19-9-3-10-20-32)46-44(48-45)33-21-11-4-12-22-33/h1-29H. The number of benzene rings is 7. The molecule has 0 spiro atoms. The van der Waals surface area contributed by atoms with Crippen molar-refractivity contribution in [2.45, 2.75) is 0 Å². The smallest absolute Gasteiger partial charge is 0.164 e. The molecule has 2 aromatic heterocycles. The van der Waals surface area contributed by atoms with Crippen LogP contribution >= 0.6 is 0 Å². The van der Waals surface area contributed by atoms with E-state index in [4.69, 9.17) is 19.4 Å². The fraction of sp³-hybridized carbons (Fsp3) is 0. The minimum absolute atomic E-state index is 0.617. The first-order valence-electron chi connectivity index (χ1n) is 16.4. The zero-order valence-corrected chi connectivity index (χ0v) is 26.5. The van der Waals surface area contributed by atoms with Crippen molar-refractivity contribution in [1.82, 2.24) is 15.0 Å². The van der Waals surface area contributed by atoms with Gasteiger partial charge in [0, 0.05) is 33.0 Å². The monoisotopic (exact) mass is 627 g/mol. The van der Waals surface area contributed by atoms with Gasteiger partial charge in [0.15, 0.2) is 17.5 Å². The van der Waals surface area contributed by atoms with Crippen LogP contribution in [0.25, 0.3) is 89.5 Å². The summed E-state index contributed by atoms with van der Waals surface area (Å²) in [5.74, 6) is 1.89. The average Bonchev–Trinajstić information content (AvgIpc) is 3.56. The van der Waals surface area contributed by atoms with Gasteiger partial charge in [-0.1, -0.05) is 152 Å². The van der Waals surface area contributed by atoms with Gasteiger partial charge in [0.05, 0.1) is 0 Å². The van der Waals surface area contributed by atoms with Gasteiger partial charge in [0.2, 0.25) is 0 Å². The third-order valence-corrected chi connectivity index (χ3v) is 8.94. The largest absolute Gasteiger partial charge is 0.455 e. The second-order valence-electron chi connectivity index (χ2n) is 12.0. The summed E-state index contributed by atoms with van der Waals surface area (Å²) in [6.45, 7) is 0. The molecule has 9 aromatic rings. The fourth-order valence-corrected chi connectivity index (χ4v) is 6.53. The zero-order valence-electron chi connectivity index (χ0n) is 26.5. The molecule has 0 N–H and O–H groups in total. The van der Waals surface area contributed by atoms with Crippen LogP contribution in [-0.4, -0.2) is 15.0 Å². The van der Waals surface area contributed by atoms with Crippen molar-refractivity contribution in [2.24, 2.45) is 0 Å². The number of hydrogen-bond donors (Lipinski definition) is 0. The highest BCUT2D eigenvalue weighted by atomic mass is 16.3. The van der Waals surface area contributed by atoms with E-state index in [-0.39, 0.29) is 0 Å². The van der Waals surface area contributed by atoms with Gasteiger partial charge in [-0.15, -0.1) is 0 Å². The molecule has 4 nitrogen and oxygen atoms in total. The van der Waals surface area contributed by atoms with Crippen molar-refractivity contribution >= 4 is 21.9 Å². The second kappa shape index (κ2) is 12.2. The molecule has 0 aliphatic heterocycles. The van der Waals surface area contributed by atoms with E-state index in [1.807, 2.05) is 72.8 Å². The molecule has 0 saturated carbocycles. The SMILES string of the molecule is c1ccc(-c2cc(-c3ccccc3)c3oc4cc(-c5ccccc5-c5nc(-c6ccccc6)nc(-c6ccccc6)n5)ccc4c3c2)cc1. The summed E-state index contributed by atoms with van der Waals surface area (Å²) in [5, 5.41) is 2.16. The Morgan fingerprint density at radius 3 is 1.43 bits per heavy atom. The summed E-state index contributed by atoms with van der Waals surface area (Å²) >= 11 is 0. The van der Waals surface area contributed by atoms with Crippen molar-refractivity contribution in [3.63, 3.8) is 0 Å². The first-order valence-corrected chi connectivity index (χ1v) is 16.4. The maximum atomic E-state index is 6.75.